The summed E-state index contributed by atoms with van der Waals surface area (Å²) in [6, 6.07) is 0.658. The average molecular weight is 318 g/mol. The van der Waals surface area contributed by atoms with Crippen molar-refractivity contribution in [1.82, 2.24) is 9.36 Å². The molecule has 0 N–H and O–H groups in total. The lowest BCUT2D eigenvalue weighted by atomic mass is 10.0. The average Bonchev–Trinajstić information content (AvgIpc) is 2.79. The van der Waals surface area contributed by atoms with Gasteiger partial charge in [-0.15, -0.1) is 0 Å². The van der Waals surface area contributed by atoms with Crippen LogP contribution in [0, 0.1) is 0 Å². The zero-order chi connectivity index (χ0) is 12.1. The minimum Gasteiger partial charge on any atom is -0.344 e. The molecule has 3 nitrogen and oxygen atoms in total. The van der Waals surface area contributed by atoms with E-state index in [1.54, 1.807) is 11.5 Å². The summed E-state index contributed by atoms with van der Waals surface area (Å²) >= 11 is 5.13. The molecule has 0 radical (unpaired) electrons. The second-order valence-corrected chi connectivity index (χ2v) is 6.09. The lowest BCUT2D eigenvalue weighted by molar-refractivity contribution is 0.452. The second-order valence-electron chi connectivity index (χ2n) is 4.56. The quantitative estimate of drug-likeness (QED) is 0.776. The molecule has 1 atom stereocenters. The van der Waals surface area contributed by atoms with Gasteiger partial charge in [0.25, 0.3) is 0 Å². The smallest absolute Gasteiger partial charge is 0.205 e. The lowest BCUT2D eigenvalue weighted by Gasteiger charge is -2.35. The molecule has 1 fully saturated rings. The summed E-state index contributed by atoms with van der Waals surface area (Å²) < 4.78 is 4.45. The summed E-state index contributed by atoms with van der Waals surface area (Å²) in [5.74, 6) is 1.02. The van der Waals surface area contributed by atoms with Gasteiger partial charge in [-0.3, -0.25) is 0 Å². The fourth-order valence-corrected chi connectivity index (χ4v) is 3.70. The fourth-order valence-electron chi connectivity index (χ4n) is 2.37. The predicted octanol–water partition coefficient (Wildman–Crippen LogP) is 3.63. The third-order valence-corrected chi connectivity index (χ3v) is 4.50. The van der Waals surface area contributed by atoms with Crippen LogP contribution < -0.4 is 4.90 Å². The first-order valence-electron chi connectivity index (χ1n) is 6.50. The van der Waals surface area contributed by atoms with Crippen molar-refractivity contribution in [3.63, 3.8) is 0 Å². The Morgan fingerprint density at radius 2 is 2.35 bits per heavy atom. The molecule has 1 aromatic heterocycles. The summed E-state index contributed by atoms with van der Waals surface area (Å²) in [6.07, 6.45) is 7.29. The number of hydrogen-bond acceptors (Lipinski definition) is 4. The van der Waals surface area contributed by atoms with Crippen LogP contribution in [-0.2, 0) is 6.42 Å². The number of hydrogen-bond donors (Lipinski definition) is 0. The maximum Gasteiger partial charge on any atom is 0.205 e. The maximum atomic E-state index is 4.67. The van der Waals surface area contributed by atoms with Gasteiger partial charge in [0.2, 0.25) is 5.13 Å². The molecule has 0 bridgehead atoms. The van der Waals surface area contributed by atoms with E-state index in [-0.39, 0.29) is 0 Å². The fraction of sp³-hybridized carbons (Fsp3) is 0.833. The summed E-state index contributed by atoms with van der Waals surface area (Å²) in [5.41, 5.74) is 0. The molecule has 2 rings (SSSR count). The van der Waals surface area contributed by atoms with Crippen molar-refractivity contribution >= 4 is 32.6 Å². The van der Waals surface area contributed by atoms with Crippen LogP contribution in [0.5, 0.6) is 0 Å². The number of piperidine rings is 1. The zero-order valence-corrected chi connectivity index (χ0v) is 12.8. The van der Waals surface area contributed by atoms with E-state index in [1.165, 1.54) is 25.7 Å². The minimum atomic E-state index is 0.658. The van der Waals surface area contributed by atoms with Crippen LogP contribution in [0.2, 0.25) is 0 Å². The summed E-state index contributed by atoms with van der Waals surface area (Å²) in [4.78, 5) is 7.15. The topological polar surface area (TPSA) is 29.0 Å². The van der Waals surface area contributed by atoms with Crippen molar-refractivity contribution in [3.05, 3.63) is 5.82 Å². The number of aryl methyl sites for hydroxylation is 1. The molecule has 17 heavy (non-hydrogen) atoms. The van der Waals surface area contributed by atoms with Crippen LogP contribution in [0.15, 0.2) is 0 Å². The largest absolute Gasteiger partial charge is 0.344 e. The van der Waals surface area contributed by atoms with E-state index in [0.717, 1.165) is 35.7 Å². The van der Waals surface area contributed by atoms with E-state index < -0.39 is 0 Å². The first kappa shape index (κ1) is 13.3. The first-order valence-corrected chi connectivity index (χ1v) is 8.39. The van der Waals surface area contributed by atoms with Gasteiger partial charge in [0.15, 0.2) is 0 Å². The van der Waals surface area contributed by atoms with E-state index in [0.29, 0.717) is 6.04 Å². The summed E-state index contributed by atoms with van der Waals surface area (Å²) in [7, 11) is 0. The van der Waals surface area contributed by atoms with Gasteiger partial charge in [-0.25, -0.2) is 4.98 Å². The summed E-state index contributed by atoms with van der Waals surface area (Å²) in [5, 5.41) is 2.22. The van der Waals surface area contributed by atoms with Crippen LogP contribution in [0.1, 0.15) is 44.9 Å². The molecule has 0 spiro atoms. The highest BCUT2D eigenvalue weighted by Gasteiger charge is 2.24. The lowest BCUT2D eigenvalue weighted by Crippen LogP contribution is -2.39. The highest BCUT2D eigenvalue weighted by molar-refractivity contribution is 9.09. The molecule has 1 unspecified atom stereocenters. The van der Waals surface area contributed by atoms with Crippen molar-refractivity contribution in [2.75, 3.05) is 16.8 Å². The van der Waals surface area contributed by atoms with E-state index >= 15 is 0 Å². The molecule has 5 heteroatoms. The molecule has 96 valence electrons. The Balaban J connectivity index is 2.06. The molecule has 1 saturated heterocycles. The van der Waals surface area contributed by atoms with Crippen molar-refractivity contribution < 1.29 is 0 Å². The van der Waals surface area contributed by atoms with Gasteiger partial charge in [0, 0.05) is 35.9 Å². The maximum absolute atomic E-state index is 4.67. The third kappa shape index (κ3) is 3.41. The SMILES string of the molecule is CCCc1nsc(N2CCCCC2CCBr)n1. The van der Waals surface area contributed by atoms with Gasteiger partial charge < -0.3 is 4.90 Å². The van der Waals surface area contributed by atoms with Crippen molar-refractivity contribution in [2.45, 2.75) is 51.5 Å². The Bertz CT molecular complexity index is 340. The van der Waals surface area contributed by atoms with Crippen molar-refractivity contribution in [2.24, 2.45) is 0 Å². The molecule has 2 heterocycles. The zero-order valence-electron chi connectivity index (χ0n) is 10.4. The number of halogens is 1. The number of rotatable bonds is 5. The molecule has 0 aromatic carbocycles. The molecule has 1 aliphatic rings. The Morgan fingerprint density at radius 3 is 3.12 bits per heavy atom. The molecule has 1 aliphatic heterocycles. The highest BCUT2D eigenvalue weighted by Crippen LogP contribution is 2.28. The van der Waals surface area contributed by atoms with Crippen LogP contribution in [0.4, 0.5) is 5.13 Å². The minimum absolute atomic E-state index is 0.658. The molecular formula is C12H20BrN3S. The Labute approximate surface area is 116 Å². The Kier molecular flexibility index (Phi) is 5.22. The van der Waals surface area contributed by atoms with Gasteiger partial charge in [0.1, 0.15) is 5.82 Å². The second kappa shape index (κ2) is 6.69. The normalized spacial score (nSPS) is 20.8. The van der Waals surface area contributed by atoms with Crippen molar-refractivity contribution in [1.29, 1.82) is 0 Å². The molecule has 0 saturated carbocycles. The molecule has 1 aromatic rings. The molecular weight excluding hydrogens is 298 g/mol. The van der Waals surface area contributed by atoms with Gasteiger partial charge in [-0.2, -0.15) is 4.37 Å². The van der Waals surface area contributed by atoms with Gasteiger partial charge in [0.05, 0.1) is 0 Å². The Morgan fingerprint density at radius 1 is 1.47 bits per heavy atom. The standard InChI is InChI=1S/C12H20BrN3S/c1-2-5-11-14-12(17-15-11)16-9-4-3-6-10(16)7-8-13/h10H,2-9H2,1H3. The first-order chi connectivity index (χ1) is 8.35. The number of anilines is 1. The molecule has 0 amide bonds. The van der Waals surface area contributed by atoms with Gasteiger partial charge in [-0.05, 0) is 32.1 Å². The van der Waals surface area contributed by atoms with Gasteiger partial charge >= 0.3 is 0 Å². The number of alkyl halides is 1. The van der Waals surface area contributed by atoms with Crippen LogP contribution in [-0.4, -0.2) is 27.3 Å². The van der Waals surface area contributed by atoms with Crippen LogP contribution >= 0.6 is 27.5 Å². The summed E-state index contributed by atoms with van der Waals surface area (Å²) in [6.45, 7) is 3.33. The van der Waals surface area contributed by atoms with Gasteiger partial charge in [-0.1, -0.05) is 22.9 Å². The van der Waals surface area contributed by atoms with E-state index in [2.05, 4.69) is 37.1 Å². The number of aromatic nitrogens is 2. The van der Waals surface area contributed by atoms with Crippen LogP contribution in [0.25, 0.3) is 0 Å². The van der Waals surface area contributed by atoms with E-state index in [1.807, 2.05) is 0 Å². The van der Waals surface area contributed by atoms with Crippen LogP contribution in [0.3, 0.4) is 0 Å². The molecule has 0 aliphatic carbocycles. The van der Waals surface area contributed by atoms with Crippen molar-refractivity contribution in [3.8, 4) is 0 Å². The third-order valence-electron chi connectivity index (χ3n) is 3.25. The highest BCUT2D eigenvalue weighted by atomic mass is 79.9. The van der Waals surface area contributed by atoms with E-state index in [9.17, 15) is 0 Å². The van der Waals surface area contributed by atoms with E-state index in [4.69, 9.17) is 0 Å². The monoisotopic (exact) mass is 317 g/mol. The Hall–Kier alpha value is -0.160. The number of nitrogens with zero attached hydrogens (tertiary/aromatic N) is 3. The predicted molar refractivity (Wildman–Crippen MR) is 77.3 cm³/mol.